The van der Waals surface area contributed by atoms with Gasteiger partial charge >= 0.3 is 0 Å². The number of carbonyl (C=O) groups is 2. The number of ether oxygens (including phenoxy) is 1. The third-order valence-corrected chi connectivity index (χ3v) is 8.45. The normalized spacial score (nSPS) is 22.1. The van der Waals surface area contributed by atoms with Crippen LogP contribution in [0.4, 0.5) is 14.6 Å². The molecule has 4 heterocycles. The highest BCUT2D eigenvalue weighted by molar-refractivity contribution is 6.35. The molecule has 3 aliphatic heterocycles. The number of benzene rings is 1. The van der Waals surface area contributed by atoms with Gasteiger partial charge in [0.2, 0.25) is 5.91 Å². The van der Waals surface area contributed by atoms with E-state index in [1.165, 1.54) is 6.08 Å². The van der Waals surface area contributed by atoms with E-state index in [0.717, 1.165) is 18.6 Å². The Bertz CT molecular complexity index is 1400. The number of carbonyl (C=O) groups excluding carboxylic acids is 2. The van der Waals surface area contributed by atoms with Crippen LogP contribution in [0.15, 0.2) is 24.8 Å². The number of fused-ring (bicyclic) bond motifs is 2. The van der Waals surface area contributed by atoms with Crippen molar-refractivity contribution in [2.75, 3.05) is 51.8 Å². The number of pyridine rings is 1. The van der Waals surface area contributed by atoms with Gasteiger partial charge < -0.3 is 29.4 Å². The summed E-state index contributed by atoms with van der Waals surface area (Å²) >= 11 is 6.76. The Morgan fingerprint density at radius 3 is 2.58 bits per heavy atom. The number of piperazine rings is 1. The zero-order chi connectivity index (χ0) is 29.1. The van der Waals surface area contributed by atoms with Crippen molar-refractivity contribution >= 4 is 29.2 Å². The van der Waals surface area contributed by atoms with Gasteiger partial charge in [-0.15, -0.1) is 0 Å². The summed E-state index contributed by atoms with van der Waals surface area (Å²) in [4.78, 5) is 38.5. The molecule has 1 aromatic carbocycles. The fourth-order valence-corrected chi connectivity index (χ4v) is 6.12. The molecule has 0 aliphatic carbocycles. The van der Waals surface area contributed by atoms with Crippen LogP contribution in [0.3, 0.4) is 0 Å². The molecule has 2 atom stereocenters. The van der Waals surface area contributed by atoms with Gasteiger partial charge in [-0.2, -0.15) is 0 Å². The van der Waals surface area contributed by atoms with E-state index < -0.39 is 34.5 Å². The monoisotopic (exact) mass is 575 g/mol. The van der Waals surface area contributed by atoms with E-state index >= 15 is 4.39 Å². The summed E-state index contributed by atoms with van der Waals surface area (Å²) in [7, 11) is 3.93. The molecule has 0 radical (unpaired) electrons. The van der Waals surface area contributed by atoms with Gasteiger partial charge in [0.15, 0.2) is 17.3 Å². The molecule has 9 nitrogen and oxygen atoms in total. The number of anilines is 1. The SMILES string of the molecule is C=CC(=O)N1CCN2C(=O)c3c(N4C[C@H](N(C)C)CC4(C)C)nc(-c4c(F)ccc(F)c4O)c(Cl)c3OCC2C1. The Balaban J connectivity index is 1.71. The molecule has 1 unspecified atom stereocenters. The molecule has 2 aromatic rings. The molecule has 1 N–H and O–H groups in total. The first-order chi connectivity index (χ1) is 18.9. The van der Waals surface area contributed by atoms with Crippen molar-refractivity contribution in [3.05, 3.63) is 47.0 Å². The Morgan fingerprint density at radius 1 is 1.23 bits per heavy atom. The maximum absolute atomic E-state index is 15.1. The summed E-state index contributed by atoms with van der Waals surface area (Å²) in [5.74, 6) is -3.35. The number of likely N-dealkylation sites (N-methyl/N-ethyl adjacent to an activating group) is 1. The molecule has 1 aromatic heterocycles. The average molecular weight is 576 g/mol. The van der Waals surface area contributed by atoms with Crippen molar-refractivity contribution in [2.24, 2.45) is 0 Å². The third-order valence-electron chi connectivity index (χ3n) is 8.10. The number of aromatic hydroxyl groups is 1. The first-order valence-electron chi connectivity index (χ1n) is 13.1. The highest BCUT2D eigenvalue weighted by Gasteiger charge is 2.46. The molecule has 3 aliphatic rings. The van der Waals surface area contributed by atoms with Crippen molar-refractivity contribution in [3.63, 3.8) is 0 Å². The van der Waals surface area contributed by atoms with E-state index in [0.29, 0.717) is 13.1 Å². The maximum atomic E-state index is 15.1. The van der Waals surface area contributed by atoms with Crippen molar-refractivity contribution < 1.29 is 28.2 Å². The number of halogens is 3. The smallest absolute Gasteiger partial charge is 0.261 e. The molecule has 0 saturated carbocycles. The quantitative estimate of drug-likeness (QED) is 0.558. The molecule has 0 spiro atoms. The minimum Gasteiger partial charge on any atom is -0.504 e. The van der Waals surface area contributed by atoms with E-state index in [-0.39, 0.29) is 65.4 Å². The van der Waals surface area contributed by atoms with E-state index in [4.69, 9.17) is 16.3 Å². The number of phenols is 1. The van der Waals surface area contributed by atoms with Gasteiger partial charge in [0, 0.05) is 37.8 Å². The van der Waals surface area contributed by atoms with Crippen LogP contribution in [0.1, 0.15) is 30.6 Å². The zero-order valence-corrected chi connectivity index (χ0v) is 23.6. The molecule has 5 rings (SSSR count). The average Bonchev–Trinajstić information content (AvgIpc) is 3.16. The van der Waals surface area contributed by atoms with Crippen LogP contribution < -0.4 is 9.64 Å². The standard InChI is InChI=1S/C28H32ClF2N5O4/c1-6-19(37)34-9-10-35-16(12-34)14-40-25-21(27(35)39)26(36-13-15(33(4)5)11-28(36,2)3)32-23(22(25)29)20-17(30)7-8-18(31)24(20)38/h6-8,15-16,38H,1,9-14H2,2-5H3/t15-,16?/m1/s1. The lowest BCUT2D eigenvalue weighted by atomic mass is 9.99. The molecule has 40 heavy (non-hydrogen) atoms. The van der Waals surface area contributed by atoms with Crippen LogP contribution in [0.5, 0.6) is 11.5 Å². The van der Waals surface area contributed by atoms with Gasteiger partial charge in [0.1, 0.15) is 34.5 Å². The van der Waals surface area contributed by atoms with Crippen LogP contribution in [0, 0.1) is 11.6 Å². The lowest BCUT2D eigenvalue weighted by molar-refractivity contribution is -0.128. The topological polar surface area (TPSA) is 89.5 Å². The lowest BCUT2D eigenvalue weighted by Crippen LogP contribution is -2.57. The number of rotatable bonds is 4. The van der Waals surface area contributed by atoms with Crippen molar-refractivity contribution in [1.29, 1.82) is 0 Å². The van der Waals surface area contributed by atoms with Gasteiger partial charge in [-0.3, -0.25) is 9.59 Å². The summed E-state index contributed by atoms with van der Waals surface area (Å²) < 4.78 is 35.7. The van der Waals surface area contributed by atoms with E-state index in [1.54, 1.807) is 9.80 Å². The summed E-state index contributed by atoms with van der Waals surface area (Å²) in [6.07, 6.45) is 1.97. The number of phenolic OH excluding ortho intramolecular Hbond substituents is 1. The Morgan fingerprint density at radius 2 is 1.93 bits per heavy atom. The minimum absolute atomic E-state index is 0.00358. The summed E-state index contributed by atoms with van der Waals surface area (Å²) in [5.41, 5.74) is -1.12. The van der Waals surface area contributed by atoms with E-state index in [2.05, 4.69) is 16.5 Å². The Labute approximate surface area is 236 Å². The van der Waals surface area contributed by atoms with Gasteiger partial charge in [-0.1, -0.05) is 18.2 Å². The first kappa shape index (κ1) is 28.1. The van der Waals surface area contributed by atoms with Crippen LogP contribution in [-0.2, 0) is 4.79 Å². The molecular formula is C28H32ClF2N5O4. The van der Waals surface area contributed by atoms with Crippen LogP contribution in [0.2, 0.25) is 5.02 Å². The van der Waals surface area contributed by atoms with Crippen LogP contribution in [0.25, 0.3) is 11.3 Å². The molecule has 2 amide bonds. The van der Waals surface area contributed by atoms with Gasteiger partial charge in [0.05, 0.1) is 11.6 Å². The van der Waals surface area contributed by atoms with Crippen LogP contribution in [-0.4, -0.2) is 101 Å². The minimum atomic E-state index is -1.04. The Hall–Kier alpha value is -3.44. The largest absolute Gasteiger partial charge is 0.504 e. The maximum Gasteiger partial charge on any atom is 0.261 e. The van der Waals surface area contributed by atoms with Gasteiger partial charge in [-0.05, 0) is 52.6 Å². The molecule has 12 heteroatoms. The van der Waals surface area contributed by atoms with E-state index in [1.807, 2.05) is 32.8 Å². The second-order valence-corrected chi connectivity index (χ2v) is 11.6. The molecular weight excluding hydrogens is 544 g/mol. The fourth-order valence-electron chi connectivity index (χ4n) is 5.83. The Kier molecular flexibility index (Phi) is 7.16. The highest BCUT2D eigenvalue weighted by Crippen LogP contribution is 2.48. The second-order valence-electron chi connectivity index (χ2n) is 11.3. The number of hydrogen-bond acceptors (Lipinski definition) is 7. The number of hydrogen-bond donors (Lipinski definition) is 1. The summed E-state index contributed by atoms with van der Waals surface area (Å²) in [5, 5.41) is 10.3. The molecule has 214 valence electrons. The van der Waals surface area contributed by atoms with Crippen molar-refractivity contribution in [1.82, 2.24) is 19.7 Å². The molecule has 2 saturated heterocycles. The predicted molar refractivity (Wildman–Crippen MR) is 147 cm³/mol. The highest BCUT2D eigenvalue weighted by atomic mass is 35.5. The van der Waals surface area contributed by atoms with Crippen molar-refractivity contribution in [3.8, 4) is 22.8 Å². The lowest BCUT2D eigenvalue weighted by Gasteiger charge is -2.40. The summed E-state index contributed by atoms with van der Waals surface area (Å²) in [6.45, 7) is 8.89. The van der Waals surface area contributed by atoms with E-state index in [9.17, 15) is 19.1 Å². The predicted octanol–water partition coefficient (Wildman–Crippen LogP) is 3.54. The summed E-state index contributed by atoms with van der Waals surface area (Å²) in [6, 6.07) is 1.33. The van der Waals surface area contributed by atoms with Gasteiger partial charge in [0.25, 0.3) is 5.91 Å². The zero-order valence-electron chi connectivity index (χ0n) is 22.9. The molecule has 2 fully saturated rings. The second kappa shape index (κ2) is 10.2. The van der Waals surface area contributed by atoms with Crippen LogP contribution >= 0.6 is 11.6 Å². The third kappa shape index (κ3) is 4.54. The number of nitrogens with zero attached hydrogens (tertiary/aromatic N) is 5. The van der Waals surface area contributed by atoms with Crippen molar-refractivity contribution in [2.45, 2.75) is 37.9 Å². The fraction of sp³-hybridized carbons (Fsp3) is 0.464. The first-order valence-corrected chi connectivity index (χ1v) is 13.4. The number of amides is 2. The van der Waals surface area contributed by atoms with Gasteiger partial charge in [-0.25, -0.2) is 13.8 Å². The number of aromatic nitrogens is 1. The molecule has 0 bridgehead atoms.